The first-order chi connectivity index (χ1) is 15.6. The van der Waals surface area contributed by atoms with E-state index in [2.05, 4.69) is 59.2 Å². The van der Waals surface area contributed by atoms with Crippen LogP contribution in [0.1, 0.15) is 11.1 Å². The third kappa shape index (κ3) is 3.16. The molecule has 0 atom stereocenters. The molecule has 4 aromatic carbocycles. The molecule has 0 saturated carbocycles. The number of benzene rings is 4. The van der Waals surface area contributed by atoms with Crippen molar-refractivity contribution in [2.24, 2.45) is 0 Å². The summed E-state index contributed by atoms with van der Waals surface area (Å²) in [6.07, 6.45) is 0. The zero-order valence-electron chi connectivity index (χ0n) is 18.2. The maximum absolute atomic E-state index is 9.56. The van der Waals surface area contributed by atoms with Crippen molar-refractivity contribution in [1.29, 1.82) is 5.26 Å². The van der Waals surface area contributed by atoms with Gasteiger partial charge in [0.2, 0.25) is 0 Å². The predicted molar refractivity (Wildman–Crippen MR) is 129 cm³/mol. The normalized spacial score (nSPS) is 10.9. The van der Waals surface area contributed by atoms with E-state index in [0.29, 0.717) is 5.56 Å². The topological polar surface area (TPSA) is 47.2 Å². The van der Waals surface area contributed by atoms with Gasteiger partial charge >= 0.3 is 0 Å². The minimum Gasteiger partial charge on any atom is -0.497 e. The lowest BCUT2D eigenvalue weighted by atomic mass is 9.98. The van der Waals surface area contributed by atoms with E-state index in [1.807, 2.05) is 37.3 Å². The zero-order valence-corrected chi connectivity index (χ0v) is 18.2. The molecule has 156 valence electrons. The first-order valence-electron chi connectivity index (χ1n) is 10.4. The van der Waals surface area contributed by atoms with Gasteiger partial charge in [0.1, 0.15) is 11.5 Å². The molecule has 0 spiro atoms. The molecule has 4 nitrogen and oxygen atoms in total. The summed E-state index contributed by atoms with van der Waals surface area (Å²) in [4.78, 5) is 0. The van der Waals surface area contributed by atoms with Gasteiger partial charge < -0.3 is 14.0 Å². The lowest BCUT2D eigenvalue weighted by Gasteiger charge is -2.11. The van der Waals surface area contributed by atoms with Gasteiger partial charge in [-0.1, -0.05) is 24.3 Å². The highest BCUT2D eigenvalue weighted by atomic mass is 16.5. The summed E-state index contributed by atoms with van der Waals surface area (Å²) < 4.78 is 13.2. The largest absolute Gasteiger partial charge is 0.497 e. The molecule has 0 radical (unpaired) electrons. The van der Waals surface area contributed by atoms with Gasteiger partial charge in [-0.2, -0.15) is 5.26 Å². The van der Waals surface area contributed by atoms with Crippen LogP contribution in [0.15, 0.2) is 78.9 Å². The Labute approximate surface area is 186 Å². The molecule has 0 N–H and O–H groups in total. The molecule has 5 rings (SSSR count). The van der Waals surface area contributed by atoms with Gasteiger partial charge in [-0.05, 0) is 78.2 Å². The van der Waals surface area contributed by atoms with Gasteiger partial charge in [-0.25, -0.2) is 0 Å². The van der Waals surface area contributed by atoms with Crippen LogP contribution in [0.2, 0.25) is 0 Å². The second kappa shape index (κ2) is 7.79. The second-order valence-corrected chi connectivity index (χ2v) is 7.81. The average molecular weight is 418 g/mol. The first-order valence-corrected chi connectivity index (χ1v) is 10.4. The van der Waals surface area contributed by atoms with Crippen LogP contribution in [0.4, 0.5) is 0 Å². The first kappa shape index (κ1) is 19.7. The third-order valence-electron chi connectivity index (χ3n) is 5.91. The van der Waals surface area contributed by atoms with Crippen LogP contribution in [-0.2, 0) is 0 Å². The molecule has 1 aromatic heterocycles. The molecule has 1 heterocycles. The highest BCUT2D eigenvalue weighted by molar-refractivity contribution is 6.10. The van der Waals surface area contributed by atoms with Crippen molar-refractivity contribution in [3.63, 3.8) is 0 Å². The number of aryl methyl sites for hydroxylation is 1. The Bertz CT molecular complexity index is 1440. The molecule has 0 aliphatic rings. The van der Waals surface area contributed by atoms with Crippen LogP contribution in [0.5, 0.6) is 11.5 Å². The van der Waals surface area contributed by atoms with E-state index in [-0.39, 0.29) is 0 Å². The van der Waals surface area contributed by atoms with E-state index in [9.17, 15) is 5.26 Å². The van der Waals surface area contributed by atoms with Crippen LogP contribution in [-0.4, -0.2) is 18.8 Å². The van der Waals surface area contributed by atoms with Crippen LogP contribution in [0, 0.1) is 18.3 Å². The van der Waals surface area contributed by atoms with Gasteiger partial charge in [0.15, 0.2) is 0 Å². The quantitative estimate of drug-likeness (QED) is 0.328. The minimum absolute atomic E-state index is 0.689. The van der Waals surface area contributed by atoms with E-state index < -0.39 is 0 Å². The summed E-state index contributed by atoms with van der Waals surface area (Å²) >= 11 is 0. The van der Waals surface area contributed by atoms with Crippen LogP contribution < -0.4 is 9.47 Å². The summed E-state index contributed by atoms with van der Waals surface area (Å²) in [6, 6.07) is 28.9. The number of ether oxygens (including phenoxy) is 2. The molecule has 0 saturated heterocycles. The average Bonchev–Trinajstić information content (AvgIpc) is 3.16. The fourth-order valence-electron chi connectivity index (χ4n) is 4.31. The molecule has 0 bridgehead atoms. The van der Waals surface area contributed by atoms with E-state index >= 15 is 0 Å². The molecule has 4 heteroatoms. The van der Waals surface area contributed by atoms with E-state index in [1.54, 1.807) is 14.2 Å². The van der Waals surface area contributed by atoms with Gasteiger partial charge in [0.05, 0.1) is 36.9 Å². The zero-order chi connectivity index (χ0) is 22.2. The Hall–Kier alpha value is -4.23. The lowest BCUT2D eigenvalue weighted by molar-refractivity contribution is 0.415. The summed E-state index contributed by atoms with van der Waals surface area (Å²) in [7, 11) is 3.36. The Balaban J connectivity index is 1.70. The van der Waals surface area contributed by atoms with Crippen molar-refractivity contribution in [1.82, 2.24) is 4.57 Å². The number of aromatic nitrogens is 1. The van der Waals surface area contributed by atoms with E-state index in [4.69, 9.17) is 9.47 Å². The molecule has 0 fully saturated rings. The summed E-state index contributed by atoms with van der Waals surface area (Å²) in [5.41, 5.74) is 6.97. The standard InChI is InChI=1S/C28H22N2O2/c1-18-4-11-24(20(14-18)17-29)19-5-7-21(8-6-19)30-27-12-9-22(31-2)15-25(27)26-16-23(32-3)10-13-28(26)30/h4-16H,1-3H3. The number of methoxy groups -OCH3 is 2. The highest BCUT2D eigenvalue weighted by Crippen LogP contribution is 2.36. The molecule has 32 heavy (non-hydrogen) atoms. The van der Waals surface area contributed by atoms with Crippen molar-refractivity contribution in [3.05, 3.63) is 90.0 Å². The SMILES string of the molecule is COc1ccc2c(c1)c1cc(OC)ccc1n2-c1ccc(-c2ccc(C)cc2C#N)cc1. The second-order valence-electron chi connectivity index (χ2n) is 7.81. The molecular formula is C28H22N2O2. The Morgan fingerprint density at radius 3 is 1.84 bits per heavy atom. The molecule has 0 aliphatic heterocycles. The third-order valence-corrected chi connectivity index (χ3v) is 5.91. The summed E-state index contributed by atoms with van der Waals surface area (Å²) in [5.74, 6) is 1.64. The molecule has 0 amide bonds. The smallest absolute Gasteiger partial charge is 0.119 e. The fourth-order valence-corrected chi connectivity index (χ4v) is 4.31. The Morgan fingerprint density at radius 2 is 1.31 bits per heavy atom. The van der Waals surface area contributed by atoms with Crippen LogP contribution in [0.3, 0.4) is 0 Å². The number of fused-ring (bicyclic) bond motifs is 3. The maximum Gasteiger partial charge on any atom is 0.119 e. The van der Waals surface area contributed by atoms with Crippen molar-refractivity contribution >= 4 is 21.8 Å². The number of hydrogen-bond donors (Lipinski definition) is 0. The van der Waals surface area contributed by atoms with Gasteiger partial charge in [0.25, 0.3) is 0 Å². The Morgan fingerprint density at radius 1 is 0.719 bits per heavy atom. The number of hydrogen-bond acceptors (Lipinski definition) is 3. The van der Waals surface area contributed by atoms with Gasteiger partial charge in [-0.15, -0.1) is 0 Å². The van der Waals surface area contributed by atoms with Crippen molar-refractivity contribution < 1.29 is 9.47 Å². The predicted octanol–water partition coefficient (Wildman–Crippen LogP) is 6.65. The monoisotopic (exact) mass is 418 g/mol. The number of rotatable bonds is 4. The van der Waals surface area contributed by atoms with Crippen molar-refractivity contribution in [2.45, 2.75) is 6.92 Å². The van der Waals surface area contributed by atoms with Crippen molar-refractivity contribution in [2.75, 3.05) is 14.2 Å². The molecule has 0 aliphatic carbocycles. The minimum atomic E-state index is 0.689. The van der Waals surface area contributed by atoms with E-state index in [1.165, 1.54) is 0 Å². The summed E-state index contributed by atoms with van der Waals surface area (Å²) in [5, 5.41) is 11.8. The lowest BCUT2D eigenvalue weighted by Crippen LogP contribution is -1.94. The number of nitriles is 1. The maximum atomic E-state index is 9.56. The molecular weight excluding hydrogens is 396 g/mol. The van der Waals surface area contributed by atoms with Gasteiger partial charge in [-0.3, -0.25) is 0 Å². The number of nitrogens with zero attached hydrogens (tertiary/aromatic N) is 2. The van der Waals surface area contributed by atoms with Gasteiger partial charge in [0, 0.05) is 16.5 Å². The highest BCUT2D eigenvalue weighted by Gasteiger charge is 2.14. The fraction of sp³-hybridized carbons (Fsp3) is 0.107. The van der Waals surface area contributed by atoms with E-state index in [0.717, 1.165) is 55.7 Å². The van der Waals surface area contributed by atoms with Crippen LogP contribution >= 0.6 is 0 Å². The Kier molecular flexibility index (Phi) is 4.80. The summed E-state index contributed by atoms with van der Waals surface area (Å²) in [6.45, 7) is 2.00. The molecule has 0 unspecified atom stereocenters. The van der Waals surface area contributed by atoms with Crippen LogP contribution in [0.25, 0.3) is 38.6 Å². The van der Waals surface area contributed by atoms with Crippen molar-refractivity contribution in [3.8, 4) is 34.4 Å². The molecule has 5 aromatic rings.